The first-order valence-corrected chi connectivity index (χ1v) is 8.22. The fourth-order valence-electron chi connectivity index (χ4n) is 2.75. The number of fused-ring (bicyclic) bond motifs is 3. The minimum absolute atomic E-state index is 0.0383. The molecule has 0 unspecified atom stereocenters. The first-order chi connectivity index (χ1) is 12.1. The second-order valence-corrected chi connectivity index (χ2v) is 5.72. The molecule has 2 aromatic carbocycles. The monoisotopic (exact) mass is 340 g/mol. The van der Waals surface area contributed by atoms with E-state index in [9.17, 15) is 9.59 Å². The van der Waals surface area contributed by atoms with Crippen molar-refractivity contribution >= 4 is 33.7 Å². The summed E-state index contributed by atoms with van der Waals surface area (Å²) in [5.74, 6) is -0.484. The Labute approximate surface area is 144 Å². The lowest BCUT2D eigenvalue weighted by atomic mass is 10.1. The molecule has 0 spiro atoms. The minimum Gasteiger partial charge on any atom is -0.465 e. The number of ether oxygens (including phenoxy) is 2. The van der Waals surface area contributed by atoms with Crippen molar-refractivity contribution in [3.05, 3.63) is 42.5 Å². The van der Waals surface area contributed by atoms with E-state index in [2.05, 4.69) is 4.98 Å². The third-order valence-corrected chi connectivity index (χ3v) is 3.98. The third-order valence-electron chi connectivity index (χ3n) is 3.98. The van der Waals surface area contributed by atoms with E-state index in [1.807, 2.05) is 36.4 Å². The van der Waals surface area contributed by atoms with Gasteiger partial charge in [0.05, 0.1) is 12.1 Å². The normalized spacial score (nSPS) is 12.2. The fourth-order valence-corrected chi connectivity index (χ4v) is 2.75. The molecule has 6 heteroatoms. The number of aromatic nitrogens is 1. The van der Waals surface area contributed by atoms with Gasteiger partial charge in [0.15, 0.2) is 5.75 Å². The van der Waals surface area contributed by atoms with Crippen molar-refractivity contribution in [3.8, 4) is 5.75 Å². The van der Waals surface area contributed by atoms with Crippen LogP contribution in [0.25, 0.3) is 21.8 Å². The zero-order chi connectivity index (χ0) is 17.8. The zero-order valence-electron chi connectivity index (χ0n) is 14.0. The van der Waals surface area contributed by atoms with Crippen LogP contribution in [0.3, 0.4) is 0 Å². The second-order valence-electron chi connectivity index (χ2n) is 5.72. The van der Waals surface area contributed by atoms with Gasteiger partial charge in [-0.25, -0.2) is 0 Å². The van der Waals surface area contributed by atoms with Gasteiger partial charge in [-0.2, -0.15) is 0 Å². The molecule has 0 aliphatic carbocycles. The third kappa shape index (κ3) is 3.64. The lowest BCUT2D eigenvalue weighted by Gasteiger charge is -2.10. The summed E-state index contributed by atoms with van der Waals surface area (Å²) in [5.41, 5.74) is 7.45. The van der Waals surface area contributed by atoms with Crippen LogP contribution in [0.4, 0.5) is 0 Å². The molecule has 25 heavy (non-hydrogen) atoms. The summed E-state index contributed by atoms with van der Waals surface area (Å²) in [6.07, 6.45) is 0.219. The van der Waals surface area contributed by atoms with Crippen molar-refractivity contribution < 1.29 is 19.1 Å². The molecule has 130 valence electrons. The average Bonchev–Trinajstić information content (AvgIpc) is 3.00. The van der Waals surface area contributed by atoms with Gasteiger partial charge in [-0.15, -0.1) is 0 Å². The molecule has 0 fully saturated rings. The highest BCUT2D eigenvalue weighted by molar-refractivity contribution is 6.09. The van der Waals surface area contributed by atoms with Crippen molar-refractivity contribution in [2.45, 2.75) is 25.8 Å². The topological polar surface area (TPSA) is 94.4 Å². The van der Waals surface area contributed by atoms with Gasteiger partial charge in [0.2, 0.25) is 0 Å². The van der Waals surface area contributed by atoms with Crippen LogP contribution in [0, 0.1) is 0 Å². The van der Waals surface area contributed by atoms with Crippen LogP contribution in [-0.2, 0) is 14.3 Å². The molecule has 6 nitrogen and oxygen atoms in total. The van der Waals surface area contributed by atoms with E-state index in [1.165, 1.54) is 0 Å². The molecule has 3 aromatic rings. The molecule has 0 saturated heterocycles. The van der Waals surface area contributed by atoms with Gasteiger partial charge in [0.25, 0.3) is 0 Å². The van der Waals surface area contributed by atoms with E-state index in [1.54, 1.807) is 13.0 Å². The Hall–Kier alpha value is -2.86. The summed E-state index contributed by atoms with van der Waals surface area (Å²) in [5, 5.41) is 2.06. The maximum absolute atomic E-state index is 12.1. The van der Waals surface area contributed by atoms with Gasteiger partial charge in [0.1, 0.15) is 6.04 Å². The van der Waals surface area contributed by atoms with E-state index >= 15 is 0 Å². The van der Waals surface area contributed by atoms with Crippen LogP contribution < -0.4 is 10.5 Å². The molecular formula is C19H20N2O4. The summed E-state index contributed by atoms with van der Waals surface area (Å²) < 4.78 is 10.3. The van der Waals surface area contributed by atoms with E-state index in [4.69, 9.17) is 15.2 Å². The second kappa shape index (κ2) is 7.36. The molecule has 1 aromatic heterocycles. The summed E-state index contributed by atoms with van der Waals surface area (Å²) in [6.45, 7) is 1.97. The first kappa shape index (κ1) is 17.0. The molecule has 3 N–H and O–H groups in total. The highest BCUT2D eigenvalue weighted by Gasteiger charge is 2.18. The predicted molar refractivity (Wildman–Crippen MR) is 95.3 cm³/mol. The Bertz CT molecular complexity index is 916. The molecule has 1 heterocycles. The zero-order valence-corrected chi connectivity index (χ0v) is 14.0. The lowest BCUT2D eigenvalue weighted by Crippen LogP contribution is -2.33. The number of esters is 2. The number of carbonyl (C=O) groups excluding carboxylic acids is 2. The summed E-state index contributed by atoms with van der Waals surface area (Å²) in [7, 11) is 0. The Morgan fingerprint density at radius 2 is 1.88 bits per heavy atom. The molecular weight excluding hydrogens is 320 g/mol. The molecule has 0 radical (unpaired) electrons. The van der Waals surface area contributed by atoms with Crippen LogP contribution in [0.5, 0.6) is 5.75 Å². The van der Waals surface area contributed by atoms with Crippen LogP contribution in [0.1, 0.15) is 19.8 Å². The number of hydrogen-bond donors (Lipinski definition) is 2. The van der Waals surface area contributed by atoms with E-state index in [-0.39, 0.29) is 19.4 Å². The SMILES string of the molecule is CCOC(=O)[C@@H](N)CCC(=O)Oc1cccc2c1[nH]c1ccccc12. The summed E-state index contributed by atoms with van der Waals surface area (Å²) in [6, 6.07) is 12.6. The predicted octanol–water partition coefficient (Wildman–Crippen LogP) is 2.90. The summed E-state index contributed by atoms with van der Waals surface area (Å²) in [4.78, 5) is 26.9. The van der Waals surface area contributed by atoms with Crippen molar-refractivity contribution in [2.24, 2.45) is 5.73 Å². The van der Waals surface area contributed by atoms with Crippen molar-refractivity contribution in [1.82, 2.24) is 4.98 Å². The lowest BCUT2D eigenvalue weighted by molar-refractivity contribution is -0.145. The van der Waals surface area contributed by atoms with Gasteiger partial charge in [-0.1, -0.05) is 30.3 Å². The van der Waals surface area contributed by atoms with E-state index in [0.29, 0.717) is 5.75 Å². The molecule has 0 aliphatic heterocycles. The van der Waals surface area contributed by atoms with Gasteiger partial charge in [0, 0.05) is 22.7 Å². The number of para-hydroxylation sites is 2. The van der Waals surface area contributed by atoms with E-state index < -0.39 is 18.0 Å². The number of nitrogens with one attached hydrogen (secondary N) is 1. The van der Waals surface area contributed by atoms with Gasteiger partial charge >= 0.3 is 11.9 Å². The fraction of sp³-hybridized carbons (Fsp3) is 0.263. The maximum atomic E-state index is 12.1. The number of carbonyl (C=O) groups is 2. The Morgan fingerprint density at radius 3 is 2.68 bits per heavy atom. The van der Waals surface area contributed by atoms with Crippen LogP contribution >= 0.6 is 0 Å². The Morgan fingerprint density at radius 1 is 1.12 bits per heavy atom. The largest absolute Gasteiger partial charge is 0.465 e. The smallest absolute Gasteiger partial charge is 0.322 e. The average molecular weight is 340 g/mol. The quantitative estimate of drug-likeness (QED) is 0.531. The molecule has 1 atom stereocenters. The standard InChI is InChI=1S/C19H20N2O4/c1-2-24-19(23)14(20)10-11-17(22)25-16-9-5-7-13-12-6-3-4-8-15(12)21-18(13)16/h3-9,14,21H,2,10-11,20H2,1H3/t14-/m0/s1. The highest BCUT2D eigenvalue weighted by Crippen LogP contribution is 2.31. The number of aromatic amines is 1. The summed E-state index contributed by atoms with van der Waals surface area (Å²) >= 11 is 0. The van der Waals surface area contributed by atoms with Crippen molar-refractivity contribution in [2.75, 3.05) is 6.61 Å². The molecule has 0 amide bonds. The van der Waals surface area contributed by atoms with Crippen LogP contribution in [0.2, 0.25) is 0 Å². The molecule has 0 bridgehead atoms. The Kier molecular flexibility index (Phi) is 5.00. The number of benzene rings is 2. The van der Waals surface area contributed by atoms with Gasteiger partial charge in [-0.3, -0.25) is 9.59 Å². The number of H-pyrrole nitrogens is 1. The molecule has 0 aliphatic rings. The van der Waals surface area contributed by atoms with Crippen LogP contribution in [-0.4, -0.2) is 29.6 Å². The highest BCUT2D eigenvalue weighted by atomic mass is 16.5. The number of hydrogen-bond acceptors (Lipinski definition) is 5. The number of rotatable bonds is 6. The van der Waals surface area contributed by atoms with Crippen molar-refractivity contribution in [3.63, 3.8) is 0 Å². The van der Waals surface area contributed by atoms with Gasteiger partial charge < -0.3 is 20.2 Å². The minimum atomic E-state index is -0.823. The first-order valence-electron chi connectivity index (χ1n) is 8.22. The number of nitrogens with two attached hydrogens (primary N) is 1. The molecule has 0 saturated carbocycles. The van der Waals surface area contributed by atoms with Gasteiger partial charge in [-0.05, 0) is 25.5 Å². The maximum Gasteiger partial charge on any atom is 0.322 e. The van der Waals surface area contributed by atoms with Crippen molar-refractivity contribution in [1.29, 1.82) is 0 Å². The van der Waals surface area contributed by atoms with Crippen LogP contribution in [0.15, 0.2) is 42.5 Å². The molecule has 3 rings (SSSR count). The van der Waals surface area contributed by atoms with E-state index in [0.717, 1.165) is 21.8 Å². The Balaban J connectivity index is 1.72.